The highest BCUT2D eigenvalue weighted by Gasteiger charge is 2.24. The number of hydrogen-bond acceptors (Lipinski definition) is 5. The molecule has 132 valence electrons. The lowest BCUT2D eigenvalue weighted by molar-refractivity contribution is 0.109. The van der Waals surface area contributed by atoms with Crippen LogP contribution in [0.15, 0.2) is 22.7 Å². The fourth-order valence-corrected chi connectivity index (χ4v) is 2.91. The molecule has 2 unspecified atom stereocenters. The van der Waals surface area contributed by atoms with Crippen LogP contribution in [0.25, 0.3) is 0 Å². The van der Waals surface area contributed by atoms with Gasteiger partial charge in [-0.3, -0.25) is 0 Å². The molecule has 0 spiro atoms. The minimum absolute atomic E-state index is 0. The van der Waals surface area contributed by atoms with Crippen molar-refractivity contribution in [1.29, 1.82) is 0 Å². The van der Waals surface area contributed by atoms with Crippen molar-refractivity contribution in [3.63, 3.8) is 0 Å². The van der Waals surface area contributed by atoms with Crippen molar-refractivity contribution >= 4 is 28.3 Å². The Hall–Kier alpha value is -0.370. The molecule has 1 aliphatic heterocycles. The number of aliphatic hydroxyl groups excluding tert-OH is 1. The number of rotatable bonds is 9. The number of ether oxygens (including phenoxy) is 2. The van der Waals surface area contributed by atoms with Crippen LogP contribution < -0.4 is 15.4 Å². The average Bonchev–Trinajstić information content (AvgIpc) is 2.91. The van der Waals surface area contributed by atoms with Crippen molar-refractivity contribution < 1.29 is 14.6 Å². The van der Waals surface area contributed by atoms with E-state index >= 15 is 0 Å². The molecule has 3 N–H and O–H groups in total. The molecule has 2 atom stereocenters. The highest BCUT2D eigenvalue weighted by atomic mass is 79.9. The summed E-state index contributed by atoms with van der Waals surface area (Å²) in [6.07, 6.45) is -0.253. The second kappa shape index (κ2) is 11.2. The number of benzene rings is 1. The summed E-state index contributed by atoms with van der Waals surface area (Å²) in [7, 11) is 0. The molecule has 0 aliphatic carbocycles. The van der Waals surface area contributed by atoms with Gasteiger partial charge in [-0.2, -0.15) is 0 Å². The first-order chi connectivity index (χ1) is 10.7. The van der Waals surface area contributed by atoms with Crippen molar-refractivity contribution in [3.8, 4) is 5.75 Å². The quantitative estimate of drug-likeness (QED) is 0.544. The molecule has 0 saturated carbocycles. The minimum atomic E-state index is -0.253. The Kier molecular flexibility index (Phi) is 10.1. The summed E-state index contributed by atoms with van der Waals surface area (Å²) in [5.41, 5.74) is 1.10. The smallest absolute Gasteiger partial charge is 0.123 e. The van der Waals surface area contributed by atoms with Crippen molar-refractivity contribution in [2.75, 3.05) is 39.5 Å². The molecule has 0 aromatic heterocycles. The zero-order valence-electron chi connectivity index (χ0n) is 13.4. The summed E-state index contributed by atoms with van der Waals surface area (Å²) in [4.78, 5) is 0. The third-order valence-electron chi connectivity index (χ3n) is 3.74. The van der Waals surface area contributed by atoms with E-state index in [9.17, 15) is 5.11 Å². The summed E-state index contributed by atoms with van der Waals surface area (Å²) < 4.78 is 12.1. The molecular weight excluding hydrogens is 384 g/mol. The second-order valence-electron chi connectivity index (χ2n) is 5.41. The zero-order chi connectivity index (χ0) is 15.8. The first-order valence-electron chi connectivity index (χ1n) is 7.79. The van der Waals surface area contributed by atoms with Crippen molar-refractivity contribution in [3.05, 3.63) is 28.2 Å². The molecule has 5 nitrogen and oxygen atoms in total. The summed E-state index contributed by atoms with van der Waals surface area (Å²) in [5, 5.41) is 16.4. The zero-order valence-corrected chi connectivity index (χ0v) is 15.8. The van der Waals surface area contributed by atoms with E-state index in [4.69, 9.17) is 9.47 Å². The maximum Gasteiger partial charge on any atom is 0.123 e. The van der Waals surface area contributed by atoms with E-state index in [1.165, 1.54) is 0 Å². The fourth-order valence-electron chi connectivity index (χ4n) is 2.50. The highest BCUT2D eigenvalue weighted by molar-refractivity contribution is 9.10. The lowest BCUT2D eigenvalue weighted by Crippen LogP contribution is -2.30. The summed E-state index contributed by atoms with van der Waals surface area (Å²) >= 11 is 3.50. The summed E-state index contributed by atoms with van der Waals surface area (Å²) in [5.74, 6) is 1.15. The van der Waals surface area contributed by atoms with Crippen LogP contribution in [0.1, 0.15) is 12.5 Å². The molecule has 1 aromatic carbocycles. The standard InChI is InChI=1S/C16H25BrN2O3.ClH/c1-2-21-5-6-22-16-4-3-14(17)7-12(16)8-18-9-13-10-19-11-15(13)20;/h3-4,7,13,15,18-20H,2,5-6,8-11H2,1H3;1H. The van der Waals surface area contributed by atoms with Crippen molar-refractivity contribution in [2.45, 2.75) is 19.6 Å². The number of nitrogens with one attached hydrogen (secondary N) is 2. The van der Waals surface area contributed by atoms with Gasteiger partial charge in [-0.05, 0) is 25.1 Å². The SMILES string of the molecule is CCOCCOc1ccc(Br)cc1CNCC1CNCC1O.Cl. The van der Waals surface area contributed by atoms with Crippen LogP contribution >= 0.6 is 28.3 Å². The molecule has 0 amide bonds. The van der Waals surface area contributed by atoms with E-state index in [0.717, 1.165) is 28.9 Å². The first kappa shape index (κ1) is 20.7. The van der Waals surface area contributed by atoms with Gasteiger partial charge in [0.2, 0.25) is 0 Å². The van der Waals surface area contributed by atoms with Gasteiger partial charge in [0.05, 0.1) is 12.7 Å². The molecule has 7 heteroatoms. The molecule has 0 radical (unpaired) electrons. The molecule has 1 aromatic rings. The predicted molar refractivity (Wildman–Crippen MR) is 97.5 cm³/mol. The van der Waals surface area contributed by atoms with Gasteiger partial charge < -0.3 is 25.2 Å². The van der Waals surface area contributed by atoms with Gasteiger partial charge in [0.1, 0.15) is 12.4 Å². The second-order valence-corrected chi connectivity index (χ2v) is 6.33. The molecule has 2 rings (SSSR count). The van der Waals surface area contributed by atoms with Gasteiger partial charge in [0.15, 0.2) is 0 Å². The van der Waals surface area contributed by atoms with Crippen molar-refractivity contribution in [2.24, 2.45) is 5.92 Å². The Bertz CT molecular complexity index is 465. The topological polar surface area (TPSA) is 62.8 Å². The maximum atomic E-state index is 9.80. The van der Waals surface area contributed by atoms with E-state index in [0.29, 0.717) is 32.9 Å². The van der Waals surface area contributed by atoms with Crippen LogP contribution in [0.5, 0.6) is 5.75 Å². The highest BCUT2D eigenvalue weighted by Crippen LogP contribution is 2.23. The number of hydrogen-bond donors (Lipinski definition) is 3. The monoisotopic (exact) mass is 408 g/mol. The lowest BCUT2D eigenvalue weighted by atomic mass is 10.1. The number of aliphatic hydroxyl groups is 1. The largest absolute Gasteiger partial charge is 0.491 e. The van der Waals surface area contributed by atoms with E-state index in [1.54, 1.807) is 0 Å². The summed E-state index contributed by atoms with van der Waals surface area (Å²) in [6.45, 7) is 6.88. The lowest BCUT2D eigenvalue weighted by Gasteiger charge is -2.16. The third kappa shape index (κ3) is 6.95. The molecule has 1 aliphatic rings. The molecule has 1 fully saturated rings. The van der Waals surface area contributed by atoms with Crippen LogP contribution in [0.3, 0.4) is 0 Å². The van der Waals surface area contributed by atoms with E-state index in [1.807, 2.05) is 19.1 Å². The van der Waals surface area contributed by atoms with Gasteiger partial charge in [-0.15, -0.1) is 12.4 Å². The Labute approximate surface area is 152 Å². The van der Waals surface area contributed by atoms with Crippen LogP contribution in [0, 0.1) is 5.92 Å². The van der Waals surface area contributed by atoms with Crippen molar-refractivity contribution in [1.82, 2.24) is 10.6 Å². The van der Waals surface area contributed by atoms with Gasteiger partial charge in [-0.1, -0.05) is 15.9 Å². The molecule has 1 heterocycles. The van der Waals surface area contributed by atoms with E-state index < -0.39 is 0 Å². The van der Waals surface area contributed by atoms with E-state index in [-0.39, 0.29) is 24.4 Å². The molecule has 0 bridgehead atoms. The molecular formula is C16H26BrClN2O3. The molecule has 23 heavy (non-hydrogen) atoms. The normalized spacial score (nSPS) is 20.3. The number of halogens is 2. The maximum absolute atomic E-state index is 9.80. The Morgan fingerprint density at radius 2 is 2.17 bits per heavy atom. The third-order valence-corrected chi connectivity index (χ3v) is 4.23. The molecule has 1 saturated heterocycles. The van der Waals surface area contributed by atoms with Gasteiger partial charge in [0.25, 0.3) is 0 Å². The average molecular weight is 410 g/mol. The predicted octanol–water partition coefficient (Wildman–Crippen LogP) is 1.96. The number of β-amino-alcohol motifs (C(OH)–C–C–N with tert-alkyl or cyclic N) is 1. The Morgan fingerprint density at radius 1 is 1.35 bits per heavy atom. The summed E-state index contributed by atoms with van der Waals surface area (Å²) in [6, 6.07) is 6.01. The fraction of sp³-hybridized carbons (Fsp3) is 0.625. The minimum Gasteiger partial charge on any atom is -0.491 e. The Balaban J connectivity index is 0.00000264. The van der Waals surface area contributed by atoms with Gasteiger partial charge in [-0.25, -0.2) is 0 Å². The van der Waals surface area contributed by atoms with Gasteiger partial charge in [0, 0.05) is 48.7 Å². The van der Waals surface area contributed by atoms with Crippen LogP contribution in [-0.2, 0) is 11.3 Å². The van der Waals surface area contributed by atoms with Crippen LogP contribution in [0.2, 0.25) is 0 Å². The Morgan fingerprint density at radius 3 is 2.87 bits per heavy atom. The first-order valence-corrected chi connectivity index (χ1v) is 8.58. The van der Waals surface area contributed by atoms with Crippen LogP contribution in [-0.4, -0.2) is 50.7 Å². The van der Waals surface area contributed by atoms with E-state index in [2.05, 4.69) is 32.6 Å². The van der Waals surface area contributed by atoms with Crippen LogP contribution in [0.4, 0.5) is 0 Å². The van der Waals surface area contributed by atoms with Gasteiger partial charge >= 0.3 is 0 Å².